The average Bonchev–Trinajstić information content (AvgIpc) is 3.29. The number of rotatable bonds is 9. The lowest BCUT2D eigenvalue weighted by Crippen LogP contribution is -2.20. The van der Waals surface area contributed by atoms with E-state index in [1.54, 1.807) is 6.21 Å². The Kier molecular flexibility index (Phi) is 7.95. The number of thioether (sulfide) groups is 1. The van der Waals surface area contributed by atoms with Crippen LogP contribution in [0.4, 0.5) is 0 Å². The number of halogens is 1. The summed E-state index contributed by atoms with van der Waals surface area (Å²) in [4.78, 5) is 12.4. The summed E-state index contributed by atoms with van der Waals surface area (Å²) in [6.45, 7) is 2.47. The van der Waals surface area contributed by atoms with Crippen molar-refractivity contribution in [3.63, 3.8) is 0 Å². The van der Waals surface area contributed by atoms with Crippen LogP contribution in [0.2, 0.25) is 5.02 Å². The second kappa shape index (κ2) is 11.5. The Hall–Kier alpha value is -3.62. The second-order valence-electron chi connectivity index (χ2n) is 7.04. The molecule has 1 heterocycles. The zero-order valence-corrected chi connectivity index (χ0v) is 20.0. The number of para-hydroxylation sites is 2. The quantitative estimate of drug-likeness (QED) is 0.197. The summed E-state index contributed by atoms with van der Waals surface area (Å²) < 4.78 is 7.49. The molecule has 0 saturated heterocycles. The first-order chi connectivity index (χ1) is 16.7. The van der Waals surface area contributed by atoms with Crippen molar-refractivity contribution in [2.45, 2.75) is 12.1 Å². The molecule has 0 bridgehead atoms. The highest BCUT2D eigenvalue weighted by atomic mass is 35.5. The van der Waals surface area contributed by atoms with E-state index in [2.05, 4.69) is 20.7 Å². The lowest BCUT2D eigenvalue weighted by atomic mass is 10.2. The van der Waals surface area contributed by atoms with Crippen molar-refractivity contribution in [3.8, 4) is 22.8 Å². The molecular weight excluding hydrogens is 470 g/mol. The molecule has 1 N–H and O–H groups in total. The summed E-state index contributed by atoms with van der Waals surface area (Å²) in [5.74, 6) is 1.24. The number of hydrogen-bond acceptors (Lipinski definition) is 6. The zero-order valence-electron chi connectivity index (χ0n) is 18.4. The molecule has 1 amide bonds. The molecule has 4 aromatic rings. The van der Waals surface area contributed by atoms with Gasteiger partial charge in [-0.25, -0.2) is 5.43 Å². The molecule has 0 aliphatic heterocycles. The van der Waals surface area contributed by atoms with Gasteiger partial charge in [-0.3, -0.25) is 9.36 Å². The van der Waals surface area contributed by atoms with E-state index >= 15 is 0 Å². The summed E-state index contributed by atoms with van der Waals surface area (Å²) in [6, 6.07) is 24.7. The maximum absolute atomic E-state index is 12.4. The fraction of sp³-hybridized carbons (Fsp3) is 0.120. The van der Waals surface area contributed by atoms with Gasteiger partial charge in [-0.05, 0) is 55.5 Å². The third-order valence-electron chi connectivity index (χ3n) is 4.69. The summed E-state index contributed by atoms with van der Waals surface area (Å²) in [6.07, 6.45) is 1.57. The van der Waals surface area contributed by atoms with Gasteiger partial charge in [-0.1, -0.05) is 53.7 Å². The molecule has 9 heteroatoms. The van der Waals surface area contributed by atoms with Gasteiger partial charge in [0.15, 0.2) is 11.0 Å². The van der Waals surface area contributed by atoms with Gasteiger partial charge in [0.1, 0.15) is 5.75 Å². The monoisotopic (exact) mass is 491 g/mol. The molecule has 34 heavy (non-hydrogen) atoms. The fourth-order valence-corrected chi connectivity index (χ4v) is 4.04. The van der Waals surface area contributed by atoms with E-state index in [9.17, 15) is 4.79 Å². The summed E-state index contributed by atoms with van der Waals surface area (Å²) in [5.41, 5.74) is 5.11. The van der Waals surface area contributed by atoms with Gasteiger partial charge >= 0.3 is 0 Å². The Bertz CT molecular complexity index is 1280. The molecule has 172 valence electrons. The molecule has 0 unspecified atom stereocenters. The molecular formula is C25H22ClN5O2S. The minimum Gasteiger partial charge on any atom is -0.493 e. The van der Waals surface area contributed by atoms with E-state index in [1.807, 2.05) is 90.4 Å². The first-order valence-electron chi connectivity index (χ1n) is 10.6. The molecule has 0 atom stereocenters. The van der Waals surface area contributed by atoms with Gasteiger partial charge in [-0.2, -0.15) is 5.10 Å². The molecule has 0 radical (unpaired) electrons. The number of carbonyl (C=O) groups excluding carboxylic acids is 1. The second-order valence-corrected chi connectivity index (χ2v) is 8.42. The van der Waals surface area contributed by atoms with Crippen LogP contribution in [0.25, 0.3) is 17.1 Å². The van der Waals surface area contributed by atoms with Crippen molar-refractivity contribution in [1.82, 2.24) is 20.2 Å². The SMILES string of the molecule is CCOc1ccccc1/C=N\NC(=O)CSc1nnc(-c2ccc(Cl)cc2)n1-c1ccccc1. The Labute approximate surface area is 206 Å². The van der Waals surface area contributed by atoms with Crippen LogP contribution < -0.4 is 10.2 Å². The lowest BCUT2D eigenvalue weighted by molar-refractivity contribution is -0.118. The molecule has 3 aromatic carbocycles. The van der Waals surface area contributed by atoms with Crippen molar-refractivity contribution >= 4 is 35.5 Å². The number of hydrogen-bond donors (Lipinski definition) is 1. The topological polar surface area (TPSA) is 81.4 Å². The highest BCUT2D eigenvalue weighted by Crippen LogP contribution is 2.28. The van der Waals surface area contributed by atoms with Crippen LogP contribution in [0, 0.1) is 0 Å². The summed E-state index contributed by atoms with van der Waals surface area (Å²) in [5, 5.41) is 14.0. The first-order valence-corrected chi connectivity index (χ1v) is 12.0. The molecule has 0 spiro atoms. The number of benzene rings is 3. The van der Waals surface area contributed by atoms with Crippen molar-refractivity contribution in [2.24, 2.45) is 5.10 Å². The Morgan fingerprint density at radius 3 is 2.56 bits per heavy atom. The van der Waals surface area contributed by atoms with Gasteiger partial charge in [0, 0.05) is 21.8 Å². The molecule has 7 nitrogen and oxygen atoms in total. The van der Waals surface area contributed by atoms with E-state index in [-0.39, 0.29) is 11.7 Å². The van der Waals surface area contributed by atoms with E-state index in [0.717, 1.165) is 16.8 Å². The van der Waals surface area contributed by atoms with E-state index < -0.39 is 0 Å². The molecule has 0 fully saturated rings. The highest BCUT2D eigenvalue weighted by molar-refractivity contribution is 7.99. The van der Waals surface area contributed by atoms with Crippen LogP contribution in [0.3, 0.4) is 0 Å². The van der Waals surface area contributed by atoms with Crippen LogP contribution in [0.15, 0.2) is 89.1 Å². The summed E-state index contributed by atoms with van der Waals surface area (Å²) >= 11 is 7.32. The smallest absolute Gasteiger partial charge is 0.250 e. The lowest BCUT2D eigenvalue weighted by Gasteiger charge is -2.10. The third-order valence-corrected chi connectivity index (χ3v) is 5.88. The van der Waals surface area contributed by atoms with Gasteiger partial charge in [0.05, 0.1) is 18.6 Å². The van der Waals surface area contributed by atoms with Crippen LogP contribution in [-0.2, 0) is 4.79 Å². The van der Waals surface area contributed by atoms with Crippen LogP contribution in [-0.4, -0.2) is 39.2 Å². The maximum atomic E-state index is 12.4. The molecule has 1 aromatic heterocycles. The van der Waals surface area contributed by atoms with Gasteiger partial charge in [0.2, 0.25) is 0 Å². The zero-order chi connectivity index (χ0) is 23.8. The Balaban J connectivity index is 1.48. The highest BCUT2D eigenvalue weighted by Gasteiger charge is 2.17. The average molecular weight is 492 g/mol. The Morgan fingerprint density at radius 2 is 1.79 bits per heavy atom. The standard InChI is InChI=1S/C25H22ClN5O2S/c1-2-33-22-11-7-6-8-19(22)16-27-28-23(32)17-34-25-30-29-24(18-12-14-20(26)15-13-18)31(25)21-9-4-3-5-10-21/h3-16H,2,17H2,1H3,(H,28,32)/b27-16-. The van der Waals surface area contributed by atoms with Crippen LogP contribution in [0.5, 0.6) is 5.75 Å². The van der Waals surface area contributed by atoms with Crippen LogP contribution in [0.1, 0.15) is 12.5 Å². The molecule has 0 saturated carbocycles. The number of hydrazone groups is 1. The van der Waals surface area contributed by atoms with Crippen molar-refractivity contribution < 1.29 is 9.53 Å². The maximum Gasteiger partial charge on any atom is 0.250 e. The minimum atomic E-state index is -0.259. The van der Waals surface area contributed by atoms with Gasteiger partial charge in [0.25, 0.3) is 5.91 Å². The van der Waals surface area contributed by atoms with Crippen LogP contribution >= 0.6 is 23.4 Å². The molecule has 4 rings (SSSR count). The van der Waals surface area contributed by atoms with E-state index in [0.29, 0.717) is 28.4 Å². The third kappa shape index (κ3) is 5.84. The summed E-state index contributed by atoms with van der Waals surface area (Å²) in [7, 11) is 0. The van der Waals surface area contributed by atoms with Crippen molar-refractivity contribution in [3.05, 3.63) is 89.4 Å². The largest absolute Gasteiger partial charge is 0.493 e. The minimum absolute atomic E-state index is 0.121. The predicted octanol–water partition coefficient (Wildman–Crippen LogP) is 5.23. The predicted molar refractivity (Wildman–Crippen MR) is 136 cm³/mol. The van der Waals surface area contributed by atoms with E-state index in [1.165, 1.54) is 11.8 Å². The number of carbonyl (C=O) groups is 1. The first kappa shape index (κ1) is 23.5. The number of amides is 1. The Morgan fingerprint density at radius 1 is 1.06 bits per heavy atom. The number of ether oxygens (including phenoxy) is 1. The van der Waals surface area contributed by atoms with Crippen molar-refractivity contribution in [2.75, 3.05) is 12.4 Å². The number of nitrogens with one attached hydrogen (secondary N) is 1. The van der Waals surface area contributed by atoms with E-state index in [4.69, 9.17) is 16.3 Å². The molecule has 0 aliphatic carbocycles. The number of nitrogens with zero attached hydrogens (tertiary/aromatic N) is 4. The van der Waals surface area contributed by atoms with Gasteiger partial charge < -0.3 is 4.74 Å². The number of aromatic nitrogens is 3. The normalized spacial score (nSPS) is 11.0. The fourth-order valence-electron chi connectivity index (χ4n) is 3.17. The van der Waals surface area contributed by atoms with Gasteiger partial charge in [-0.15, -0.1) is 10.2 Å². The molecule has 0 aliphatic rings. The van der Waals surface area contributed by atoms with Crippen molar-refractivity contribution in [1.29, 1.82) is 0 Å².